The normalized spacial score (nSPS) is 55.4. The molecule has 2 heteroatoms. The van der Waals surface area contributed by atoms with Crippen molar-refractivity contribution in [3.8, 4) is 0 Å². The highest BCUT2D eigenvalue weighted by atomic mass is 16.5. The minimum Gasteiger partial charge on any atom is -0.360 e. The van der Waals surface area contributed by atoms with Crippen LogP contribution in [0.5, 0.6) is 0 Å². The first-order valence-electron chi connectivity index (χ1n) is 5.60. The van der Waals surface area contributed by atoms with Crippen molar-refractivity contribution >= 4 is 0 Å². The van der Waals surface area contributed by atoms with Crippen molar-refractivity contribution in [1.29, 1.82) is 0 Å². The number of hydrogen-bond acceptors (Lipinski definition) is 2. The van der Waals surface area contributed by atoms with Crippen LogP contribution in [0.2, 0.25) is 0 Å². The predicted octanol–water partition coefficient (Wildman–Crippen LogP) is 1.71. The molecule has 2 nitrogen and oxygen atoms in total. The van der Waals surface area contributed by atoms with Crippen molar-refractivity contribution in [3.05, 3.63) is 0 Å². The van der Waals surface area contributed by atoms with Crippen LogP contribution in [-0.2, 0) is 4.74 Å². The van der Waals surface area contributed by atoms with E-state index < -0.39 is 0 Å². The van der Waals surface area contributed by atoms with E-state index in [-0.39, 0.29) is 5.72 Å². The monoisotopic (exact) mass is 181 g/mol. The third-order valence-electron chi connectivity index (χ3n) is 4.38. The Morgan fingerprint density at radius 2 is 2.23 bits per heavy atom. The first-order chi connectivity index (χ1) is 6.25. The highest BCUT2D eigenvalue weighted by molar-refractivity contribution is 5.11. The van der Waals surface area contributed by atoms with E-state index in [4.69, 9.17) is 4.74 Å². The van der Waals surface area contributed by atoms with Crippen LogP contribution in [0.15, 0.2) is 0 Å². The lowest BCUT2D eigenvalue weighted by molar-refractivity contribution is -0.207. The summed E-state index contributed by atoms with van der Waals surface area (Å²) in [5, 5.41) is 0. The second-order valence-electron chi connectivity index (χ2n) is 5.11. The van der Waals surface area contributed by atoms with Crippen LogP contribution in [0.4, 0.5) is 0 Å². The molecule has 0 unspecified atom stereocenters. The fourth-order valence-corrected chi connectivity index (χ4v) is 3.73. The Bertz CT molecular complexity index is 226. The molecule has 2 saturated carbocycles. The topological polar surface area (TPSA) is 12.5 Å². The lowest BCUT2D eigenvalue weighted by Gasteiger charge is -2.47. The molecule has 0 amide bonds. The van der Waals surface area contributed by atoms with Crippen LogP contribution in [0.3, 0.4) is 0 Å². The summed E-state index contributed by atoms with van der Waals surface area (Å²) >= 11 is 0. The summed E-state index contributed by atoms with van der Waals surface area (Å²) in [4.78, 5) is 2.48. The molecule has 0 aromatic rings. The number of rotatable bonds is 0. The van der Waals surface area contributed by atoms with E-state index in [1.54, 1.807) is 0 Å². The summed E-state index contributed by atoms with van der Waals surface area (Å²) in [7, 11) is 2.25. The van der Waals surface area contributed by atoms with Gasteiger partial charge in [-0.1, -0.05) is 6.92 Å². The molecule has 0 N–H and O–H groups in total. The minimum atomic E-state index is 0.156. The van der Waals surface area contributed by atoms with Gasteiger partial charge >= 0.3 is 0 Å². The Balaban J connectivity index is 1.91. The summed E-state index contributed by atoms with van der Waals surface area (Å²) in [6, 6.07) is 0. The second-order valence-corrected chi connectivity index (χ2v) is 5.11. The average molecular weight is 181 g/mol. The van der Waals surface area contributed by atoms with Crippen LogP contribution >= 0.6 is 0 Å². The van der Waals surface area contributed by atoms with E-state index in [9.17, 15) is 0 Å². The van der Waals surface area contributed by atoms with E-state index in [0.717, 1.165) is 24.4 Å². The lowest BCUT2D eigenvalue weighted by Crippen LogP contribution is -2.56. The van der Waals surface area contributed by atoms with E-state index >= 15 is 0 Å². The smallest absolute Gasteiger partial charge is 0.127 e. The van der Waals surface area contributed by atoms with Crippen molar-refractivity contribution in [2.45, 2.75) is 31.9 Å². The Hall–Kier alpha value is -0.0800. The lowest BCUT2D eigenvalue weighted by atomic mass is 9.93. The summed E-state index contributed by atoms with van der Waals surface area (Å²) < 4.78 is 6.13. The molecule has 1 heterocycles. The van der Waals surface area contributed by atoms with Gasteiger partial charge in [0.25, 0.3) is 0 Å². The van der Waals surface area contributed by atoms with Gasteiger partial charge < -0.3 is 4.74 Å². The maximum atomic E-state index is 6.13. The molecule has 1 spiro atoms. The molecule has 0 bridgehead atoms. The van der Waals surface area contributed by atoms with E-state index in [2.05, 4.69) is 18.9 Å². The van der Waals surface area contributed by atoms with Gasteiger partial charge in [-0.15, -0.1) is 0 Å². The van der Waals surface area contributed by atoms with E-state index in [0.29, 0.717) is 0 Å². The van der Waals surface area contributed by atoms with E-state index in [1.807, 2.05) is 0 Å². The summed E-state index contributed by atoms with van der Waals surface area (Å²) in [6.07, 6.45) is 4.03. The Kier molecular flexibility index (Phi) is 1.58. The highest BCUT2D eigenvalue weighted by Crippen LogP contribution is 2.63. The Morgan fingerprint density at radius 3 is 2.85 bits per heavy atom. The van der Waals surface area contributed by atoms with Gasteiger partial charge in [-0.2, -0.15) is 0 Å². The molecule has 0 radical (unpaired) electrons. The van der Waals surface area contributed by atoms with E-state index in [1.165, 1.54) is 25.8 Å². The van der Waals surface area contributed by atoms with Crippen LogP contribution in [0, 0.1) is 17.8 Å². The molecule has 2 aliphatic carbocycles. The molecule has 3 aliphatic rings. The Morgan fingerprint density at radius 1 is 1.38 bits per heavy atom. The summed E-state index contributed by atoms with van der Waals surface area (Å²) in [6.45, 7) is 4.58. The van der Waals surface area contributed by atoms with Gasteiger partial charge in [-0.05, 0) is 38.1 Å². The number of fused-ring (bicyclic) bond motifs is 2. The summed E-state index contributed by atoms with van der Waals surface area (Å²) in [5.74, 6) is 2.62. The van der Waals surface area contributed by atoms with Crippen molar-refractivity contribution < 1.29 is 4.74 Å². The highest BCUT2D eigenvalue weighted by Gasteiger charge is 2.64. The zero-order valence-corrected chi connectivity index (χ0v) is 8.62. The number of ether oxygens (including phenoxy) is 1. The quantitative estimate of drug-likeness (QED) is 0.564. The third-order valence-corrected chi connectivity index (χ3v) is 4.38. The predicted molar refractivity (Wildman–Crippen MR) is 51.3 cm³/mol. The van der Waals surface area contributed by atoms with Crippen molar-refractivity contribution in [3.63, 3.8) is 0 Å². The van der Waals surface area contributed by atoms with Crippen LogP contribution in [-0.4, -0.2) is 30.8 Å². The molecule has 1 aliphatic heterocycles. The molecule has 74 valence electrons. The SMILES string of the molecule is C[C@@H]1C[C@@H]2C[C@@H]2[C@@]12OCCCN2C. The molecule has 3 fully saturated rings. The number of hydrogen-bond donors (Lipinski definition) is 0. The molecular weight excluding hydrogens is 162 g/mol. The van der Waals surface area contributed by atoms with Crippen LogP contribution < -0.4 is 0 Å². The molecule has 13 heavy (non-hydrogen) atoms. The summed E-state index contributed by atoms with van der Waals surface area (Å²) in [5.41, 5.74) is 0.156. The van der Waals surface area contributed by atoms with Gasteiger partial charge in [0.1, 0.15) is 5.72 Å². The van der Waals surface area contributed by atoms with Gasteiger partial charge in [-0.25, -0.2) is 0 Å². The maximum Gasteiger partial charge on any atom is 0.127 e. The second kappa shape index (κ2) is 2.48. The van der Waals surface area contributed by atoms with Crippen molar-refractivity contribution in [2.24, 2.45) is 17.8 Å². The minimum absolute atomic E-state index is 0.156. The first kappa shape index (κ1) is 8.25. The standard InChI is InChI=1S/C11H19NO/c1-8-6-9-7-10(9)11(8)12(2)4-3-5-13-11/h8-10H,3-7H2,1-2H3/t8-,9-,10+,11+/m1/s1. The molecular formula is C11H19NO. The van der Waals surface area contributed by atoms with Gasteiger partial charge in [0.05, 0.1) is 6.61 Å². The molecule has 0 aromatic heterocycles. The fourth-order valence-electron chi connectivity index (χ4n) is 3.73. The van der Waals surface area contributed by atoms with Gasteiger partial charge in [0.2, 0.25) is 0 Å². The average Bonchev–Trinajstić information content (AvgIpc) is 2.80. The molecule has 3 rings (SSSR count). The molecule has 4 atom stereocenters. The van der Waals surface area contributed by atoms with Crippen molar-refractivity contribution in [1.82, 2.24) is 4.90 Å². The third kappa shape index (κ3) is 0.909. The zero-order chi connectivity index (χ0) is 9.05. The number of nitrogens with zero attached hydrogens (tertiary/aromatic N) is 1. The van der Waals surface area contributed by atoms with Gasteiger partial charge in [0.15, 0.2) is 0 Å². The maximum absolute atomic E-state index is 6.13. The fraction of sp³-hybridized carbons (Fsp3) is 1.00. The first-order valence-corrected chi connectivity index (χ1v) is 5.60. The van der Waals surface area contributed by atoms with Gasteiger partial charge in [-0.3, -0.25) is 4.90 Å². The molecule has 1 saturated heterocycles. The van der Waals surface area contributed by atoms with Crippen LogP contribution in [0.1, 0.15) is 26.2 Å². The molecule has 0 aromatic carbocycles. The van der Waals surface area contributed by atoms with Crippen LogP contribution in [0.25, 0.3) is 0 Å². The Labute approximate surface area is 80.2 Å². The van der Waals surface area contributed by atoms with Gasteiger partial charge in [0, 0.05) is 12.5 Å². The van der Waals surface area contributed by atoms with Crippen molar-refractivity contribution in [2.75, 3.05) is 20.2 Å². The zero-order valence-electron chi connectivity index (χ0n) is 8.62. The largest absolute Gasteiger partial charge is 0.360 e.